The maximum Gasteiger partial charge on any atom is 0.220 e. The quantitative estimate of drug-likeness (QED) is 0.0420. The molecule has 0 aliphatic heterocycles. The lowest BCUT2D eigenvalue weighted by molar-refractivity contribution is -0.123. The van der Waals surface area contributed by atoms with Gasteiger partial charge in [-0.25, -0.2) is 0 Å². The first-order valence-electron chi connectivity index (χ1n) is 30.5. The Bertz CT molecular complexity index is 963. The predicted octanol–water partition coefficient (Wildman–Crippen LogP) is 20.3. The highest BCUT2D eigenvalue weighted by atomic mass is 16.3. The van der Waals surface area contributed by atoms with Gasteiger partial charge in [0.25, 0.3) is 0 Å². The zero-order chi connectivity index (χ0) is 47.7. The van der Waals surface area contributed by atoms with E-state index in [9.17, 15) is 15.0 Å². The zero-order valence-corrected chi connectivity index (χ0v) is 45.2. The molecule has 0 aromatic heterocycles. The molecule has 0 aromatic carbocycles. The summed E-state index contributed by atoms with van der Waals surface area (Å²) in [6, 6.07) is -0.536. The summed E-state index contributed by atoms with van der Waals surface area (Å²) in [5.41, 5.74) is 0. The molecule has 0 aliphatic rings. The molecule has 66 heavy (non-hydrogen) atoms. The minimum absolute atomic E-state index is 0.0251. The summed E-state index contributed by atoms with van der Waals surface area (Å²) in [5.74, 6) is -0.0251. The molecule has 0 spiro atoms. The molecule has 3 N–H and O–H groups in total. The number of aliphatic hydroxyl groups is 2. The third-order valence-electron chi connectivity index (χ3n) is 14.5. The zero-order valence-electron chi connectivity index (χ0n) is 45.2. The van der Waals surface area contributed by atoms with Gasteiger partial charge in [0.15, 0.2) is 0 Å². The van der Waals surface area contributed by atoms with Gasteiger partial charge in [0, 0.05) is 6.42 Å². The van der Waals surface area contributed by atoms with Crippen molar-refractivity contribution in [2.24, 2.45) is 0 Å². The van der Waals surface area contributed by atoms with Crippen molar-refractivity contribution in [3.05, 3.63) is 24.3 Å². The first-order valence-corrected chi connectivity index (χ1v) is 30.5. The van der Waals surface area contributed by atoms with Gasteiger partial charge in [0.1, 0.15) is 0 Å². The number of amides is 1. The molecule has 0 aromatic rings. The topological polar surface area (TPSA) is 69.6 Å². The third-order valence-corrected chi connectivity index (χ3v) is 14.5. The van der Waals surface area contributed by atoms with Gasteiger partial charge < -0.3 is 15.5 Å². The van der Waals surface area contributed by atoms with Crippen LogP contribution in [0.1, 0.15) is 348 Å². The highest BCUT2D eigenvalue weighted by molar-refractivity contribution is 5.76. The molecule has 4 nitrogen and oxygen atoms in total. The maximum atomic E-state index is 12.5. The van der Waals surface area contributed by atoms with E-state index >= 15 is 0 Å². The number of carbonyl (C=O) groups excluding carboxylic acids is 1. The van der Waals surface area contributed by atoms with E-state index in [4.69, 9.17) is 0 Å². The van der Waals surface area contributed by atoms with Gasteiger partial charge in [-0.15, -0.1) is 0 Å². The fraction of sp³-hybridized carbons (Fsp3) is 0.919. The molecule has 0 fully saturated rings. The van der Waals surface area contributed by atoms with E-state index < -0.39 is 12.1 Å². The summed E-state index contributed by atoms with van der Waals surface area (Å²) in [4.78, 5) is 12.5. The first-order chi connectivity index (χ1) is 32.7. The summed E-state index contributed by atoms with van der Waals surface area (Å²) in [6.07, 6.45) is 77.6. The molecule has 0 heterocycles. The molecule has 0 rings (SSSR count). The SMILES string of the molecule is CCCCCCCCCCC/C=C\C/C=C\CCCCCCCCCCCCCCCCCC(=O)NC(CO)C(O)CCCCCCCCCCCCCCCCCCCCCCCCC. The highest BCUT2D eigenvalue weighted by Crippen LogP contribution is 2.18. The van der Waals surface area contributed by atoms with E-state index in [-0.39, 0.29) is 12.5 Å². The average molecular weight is 929 g/mol. The lowest BCUT2D eigenvalue weighted by atomic mass is 10.0. The number of hydrogen-bond acceptors (Lipinski definition) is 3. The molecule has 0 radical (unpaired) electrons. The second kappa shape index (κ2) is 58.2. The minimum Gasteiger partial charge on any atom is -0.394 e. The van der Waals surface area contributed by atoms with E-state index in [1.54, 1.807) is 0 Å². The van der Waals surface area contributed by atoms with E-state index in [0.29, 0.717) is 12.8 Å². The Hall–Kier alpha value is -1.13. The van der Waals surface area contributed by atoms with Crippen molar-refractivity contribution in [3.63, 3.8) is 0 Å². The lowest BCUT2D eigenvalue weighted by Crippen LogP contribution is -2.45. The Balaban J connectivity index is 3.42. The van der Waals surface area contributed by atoms with Gasteiger partial charge in [-0.2, -0.15) is 0 Å². The summed E-state index contributed by atoms with van der Waals surface area (Å²) in [5, 5.41) is 23.4. The third kappa shape index (κ3) is 53.8. The molecular formula is C62H121NO3. The normalized spacial score (nSPS) is 12.8. The Labute approximate surface area is 415 Å². The molecule has 0 saturated carbocycles. The highest BCUT2D eigenvalue weighted by Gasteiger charge is 2.20. The van der Waals surface area contributed by atoms with Crippen molar-refractivity contribution < 1.29 is 15.0 Å². The van der Waals surface area contributed by atoms with Crippen LogP contribution in [0, 0.1) is 0 Å². The summed E-state index contributed by atoms with van der Waals surface area (Å²) in [6.45, 7) is 4.40. The minimum atomic E-state index is -0.659. The van der Waals surface area contributed by atoms with Crippen LogP contribution in [-0.4, -0.2) is 34.9 Å². The van der Waals surface area contributed by atoms with Crippen LogP contribution in [-0.2, 0) is 4.79 Å². The van der Waals surface area contributed by atoms with Crippen LogP contribution in [0.5, 0.6) is 0 Å². The Morgan fingerprint density at radius 3 is 0.909 bits per heavy atom. The van der Waals surface area contributed by atoms with Crippen LogP contribution in [0.3, 0.4) is 0 Å². The Kier molecular flexibility index (Phi) is 57.2. The fourth-order valence-corrected chi connectivity index (χ4v) is 9.81. The van der Waals surface area contributed by atoms with Crippen molar-refractivity contribution in [2.45, 2.75) is 360 Å². The van der Waals surface area contributed by atoms with Gasteiger partial charge in [0.2, 0.25) is 5.91 Å². The van der Waals surface area contributed by atoms with Gasteiger partial charge in [-0.05, 0) is 44.9 Å². The van der Waals surface area contributed by atoms with Crippen molar-refractivity contribution in [1.29, 1.82) is 0 Å². The monoisotopic (exact) mass is 928 g/mol. The van der Waals surface area contributed by atoms with Crippen molar-refractivity contribution in [3.8, 4) is 0 Å². The second-order valence-corrected chi connectivity index (χ2v) is 21.1. The van der Waals surface area contributed by atoms with Gasteiger partial charge in [-0.1, -0.05) is 321 Å². The summed E-state index contributed by atoms with van der Waals surface area (Å²) in [7, 11) is 0. The number of hydrogen-bond donors (Lipinski definition) is 3. The molecule has 0 aliphatic carbocycles. The number of aliphatic hydroxyl groups excluding tert-OH is 2. The molecule has 4 heteroatoms. The van der Waals surface area contributed by atoms with Crippen LogP contribution >= 0.6 is 0 Å². The fourth-order valence-electron chi connectivity index (χ4n) is 9.81. The Morgan fingerprint density at radius 1 is 0.364 bits per heavy atom. The number of unbranched alkanes of at least 4 members (excludes halogenated alkanes) is 46. The smallest absolute Gasteiger partial charge is 0.220 e. The van der Waals surface area contributed by atoms with E-state index in [1.807, 2.05) is 0 Å². The van der Waals surface area contributed by atoms with Crippen molar-refractivity contribution in [1.82, 2.24) is 5.32 Å². The average Bonchev–Trinajstić information content (AvgIpc) is 3.32. The summed E-state index contributed by atoms with van der Waals surface area (Å²) < 4.78 is 0. The van der Waals surface area contributed by atoms with Gasteiger partial charge in [0.05, 0.1) is 18.8 Å². The molecule has 1 amide bonds. The number of rotatable bonds is 57. The van der Waals surface area contributed by atoms with E-state index in [1.165, 1.54) is 289 Å². The second-order valence-electron chi connectivity index (χ2n) is 21.1. The lowest BCUT2D eigenvalue weighted by Gasteiger charge is -2.22. The van der Waals surface area contributed by atoms with Crippen LogP contribution in [0.4, 0.5) is 0 Å². The molecule has 2 unspecified atom stereocenters. The number of nitrogens with one attached hydrogen (secondary N) is 1. The van der Waals surface area contributed by atoms with E-state index in [2.05, 4.69) is 43.5 Å². The number of allylic oxidation sites excluding steroid dienone is 4. The largest absolute Gasteiger partial charge is 0.394 e. The van der Waals surface area contributed by atoms with Crippen LogP contribution in [0.25, 0.3) is 0 Å². The van der Waals surface area contributed by atoms with Crippen LogP contribution in [0.2, 0.25) is 0 Å². The molecule has 392 valence electrons. The van der Waals surface area contributed by atoms with Gasteiger partial charge in [-0.3, -0.25) is 4.79 Å². The molecular weight excluding hydrogens is 807 g/mol. The standard InChI is InChI=1S/C62H121NO3/c1-3-5-7-9-11-13-15-17-19-21-23-25-27-28-29-30-31-32-33-34-36-38-40-42-44-46-48-50-52-54-56-58-62(66)63-60(59-64)61(65)57-55-53-51-49-47-45-43-41-39-37-35-26-24-22-20-18-16-14-12-10-8-6-4-2/h23,25,28-29,60-61,64-65H,3-22,24,26-27,30-59H2,1-2H3,(H,63,66)/b25-23-,29-28-. The summed E-state index contributed by atoms with van der Waals surface area (Å²) >= 11 is 0. The van der Waals surface area contributed by atoms with Crippen molar-refractivity contribution in [2.75, 3.05) is 6.61 Å². The van der Waals surface area contributed by atoms with Gasteiger partial charge >= 0.3 is 0 Å². The Morgan fingerprint density at radius 2 is 0.621 bits per heavy atom. The first kappa shape index (κ1) is 64.9. The predicted molar refractivity (Wildman–Crippen MR) is 295 cm³/mol. The van der Waals surface area contributed by atoms with Crippen LogP contribution < -0.4 is 5.32 Å². The van der Waals surface area contributed by atoms with Crippen molar-refractivity contribution >= 4 is 5.91 Å². The molecule has 0 bridgehead atoms. The number of carbonyl (C=O) groups is 1. The maximum absolute atomic E-state index is 12.5. The van der Waals surface area contributed by atoms with E-state index in [0.717, 1.165) is 32.1 Å². The molecule has 0 saturated heterocycles. The van der Waals surface area contributed by atoms with Crippen LogP contribution in [0.15, 0.2) is 24.3 Å². The molecule has 2 atom stereocenters.